The second-order valence-electron chi connectivity index (χ2n) is 6.93. The molecule has 25 heavy (non-hydrogen) atoms. The minimum absolute atomic E-state index is 0.0698. The Balaban J connectivity index is 1.76. The Labute approximate surface area is 147 Å². The van der Waals surface area contributed by atoms with Crippen LogP contribution in [0.4, 0.5) is 0 Å². The quantitative estimate of drug-likeness (QED) is 0.878. The van der Waals surface area contributed by atoms with Gasteiger partial charge in [-0.3, -0.25) is 9.59 Å². The van der Waals surface area contributed by atoms with E-state index in [1.54, 1.807) is 12.1 Å². The first-order chi connectivity index (χ1) is 11.9. The molecule has 2 aliphatic heterocycles. The second-order valence-corrected chi connectivity index (χ2v) is 9.23. The lowest BCUT2D eigenvalue weighted by Crippen LogP contribution is -2.53. The van der Waals surface area contributed by atoms with Crippen LogP contribution in [-0.2, 0) is 24.8 Å². The van der Waals surface area contributed by atoms with Gasteiger partial charge in [0.25, 0.3) is 0 Å². The van der Waals surface area contributed by atoms with E-state index in [0.29, 0.717) is 25.7 Å². The average molecular weight is 365 g/mol. The fraction of sp³-hybridized carbons (Fsp3) is 0.556. The summed E-state index contributed by atoms with van der Waals surface area (Å²) in [4.78, 5) is 26.2. The summed E-state index contributed by atoms with van der Waals surface area (Å²) >= 11 is 0. The third kappa shape index (κ3) is 3.29. The lowest BCUT2D eigenvalue weighted by molar-refractivity contribution is -0.148. The van der Waals surface area contributed by atoms with Gasteiger partial charge in [0.2, 0.25) is 5.91 Å². The zero-order valence-corrected chi connectivity index (χ0v) is 14.9. The SMILES string of the molecule is O=C(C1CCCCS1(=O)=O)N1CCC(C(=O)O)(c2ccccc2)CC1. The highest BCUT2D eigenvalue weighted by Gasteiger charge is 2.46. The number of benzene rings is 1. The predicted molar refractivity (Wildman–Crippen MR) is 93.0 cm³/mol. The van der Waals surface area contributed by atoms with Crippen LogP contribution >= 0.6 is 0 Å². The van der Waals surface area contributed by atoms with Crippen LogP contribution in [0.5, 0.6) is 0 Å². The van der Waals surface area contributed by atoms with Gasteiger partial charge in [-0.1, -0.05) is 36.8 Å². The highest BCUT2D eigenvalue weighted by molar-refractivity contribution is 7.92. The van der Waals surface area contributed by atoms with E-state index in [1.807, 2.05) is 18.2 Å². The molecule has 7 heteroatoms. The molecule has 1 amide bonds. The Hall–Kier alpha value is -1.89. The van der Waals surface area contributed by atoms with Crippen molar-refractivity contribution in [3.63, 3.8) is 0 Å². The standard InChI is InChI=1S/C18H23NO5S/c20-16(15-8-4-5-13-25(15,23)24)19-11-9-18(10-12-19,17(21)22)14-6-2-1-3-7-14/h1-3,6-7,15H,4-5,8-13H2,(H,21,22). The van der Waals surface area contributed by atoms with E-state index in [1.165, 1.54) is 4.90 Å². The maximum Gasteiger partial charge on any atom is 0.314 e. The van der Waals surface area contributed by atoms with Gasteiger partial charge in [0.05, 0.1) is 11.2 Å². The summed E-state index contributed by atoms with van der Waals surface area (Å²) < 4.78 is 24.4. The molecular formula is C18H23NO5S. The molecule has 0 saturated carbocycles. The zero-order chi connectivity index (χ0) is 18.1. The maximum atomic E-state index is 12.7. The van der Waals surface area contributed by atoms with E-state index in [2.05, 4.69) is 0 Å². The molecule has 0 aromatic heterocycles. The highest BCUT2D eigenvalue weighted by atomic mass is 32.2. The fourth-order valence-electron chi connectivity index (χ4n) is 3.93. The third-order valence-corrected chi connectivity index (χ3v) is 7.68. The van der Waals surface area contributed by atoms with E-state index >= 15 is 0 Å². The van der Waals surface area contributed by atoms with E-state index < -0.39 is 26.5 Å². The molecule has 1 aromatic carbocycles. The fourth-order valence-corrected chi connectivity index (χ4v) is 5.80. The van der Waals surface area contributed by atoms with Crippen LogP contribution in [0.25, 0.3) is 0 Å². The molecule has 0 bridgehead atoms. The molecule has 0 spiro atoms. The summed E-state index contributed by atoms with van der Waals surface area (Å²) in [6, 6.07) is 9.07. The first-order valence-electron chi connectivity index (χ1n) is 8.66. The maximum absolute atomic E-state index is 12.7. The van der Waals surface area contributed by atoms with Crippen LogP contribution in [-0.4, -0.2) is 54.4 Å². The van der Waals surface area contributed by atoms with Crippen LogP contribution in [0.3, 0.4) is 0 Å². The van der Waals surface area contributed by atoms with Crippen molar-refractivity contribution in [2.24, 2.45) is 0 Å². The minimum Gasteiger partial charge on any atom is -0.481 e. The first-order valence-corrected chi connectivity index (χ1v) is 10.4. The summed E-state index contributed by atoms with van der Waals surface area (Å²) in [6.07, 6.45) is 2.32. The van der Waals surface area contributed by atoms with E-state index in [4.69, 9.17) is 0 Å². The first kappa shape index (κ1) is 17.9. The molecule has 136 valence electrons. The molecule has 2 aliphatic rings. The highest BCUT2D eigenvalue weighted by Crippen LogP contribution is 2.36. The number of carboxylic acids is 1. The number of hydrogen-bond acceptors (Lipinski definition) is 4. The molecule has 1 atom stereocenters. The van der Waals surface area contributed by atoms with Crippen LogP contribution in [0.2, 0.25) is 0 Å². The smallest absolute Gasteiger partial charge is 0.314 e. The lowest BCUT2D eigenvalue weighted by atomic mass is 9.73. The van der Waals surface area contributed by atoms with Crippen molar-refractivity contribution in [3.8, 4) is 0 Å². The molecule has 1 unspecified atom stereocenters. The van der Waals surface area contributed by atoms with Crippen molar-refractivity contribution in [1.29, 1.82) is 0 Å². The van der Waals surface area contributed by atoms with Crippen molar-refractivity contribution >= 4 is 21.7 Å². The Morgan fingerprint density at radius 3 is 2.28 bits per heavy atom. The second kappa shape index (κ2) is 6.78. The predicted octanol–water partition coefficient (Wildman–Crippen LogP) is 1.60. The Kier molecular flexibility index (Phi) is 4.86. The number of amides is 1. The van der Waals surface area contributed by atoms with Gasteiger partial charge in [0, 0.05) is 13.1 Å². The summed E-state index contributed by atoms with van der Waals surface area (Å²) in [5.41, 5.74) is -0.274. The Morgan fingerprint density at radius 1 is 1.08 bits per heavy atom. The van der Waals surface area contributed by atoms with E-state index in [9.17, 15) is 23.1 Å². The molecule has 6 nitrogen and oxygen atoms in total. The van der Waals surface area contributed by atoms with Gasteiger partial charge >= 0.3 is 5.97 Å². The van der Waals surface area contributed by atoms with Crippen molar-refractivity contribution in [2.45, 2.75) is 42.8 Å². The average Bonchev–Trinajstić information content (AvgIpc) is 2.61. The summed E-state index contributed by atoms with van der Waals surface area (Å²) in [7, 11) is -3.38. The largest absolute Gasteiger partial charge is 0.481 e. The molecule has 2 fully saturated rings. The number of sulfone groups is 1. The number of aliphatic carboxylic acids is 1. The van der Waals surface area contributed by atoms with Gasteiger partial charge in [0.1, 0.15) is 5.25 Å². The molecule has 0 aliphatic carbocycles. The topological polar surface area (TPSA) is 91.8 Å². The van der Waals surface area contributed by atoms with Crippen LogP contribution in [0.1, 0.15) is 37.7 Å². The number of carbonyl (C=O) groups is 2. The number of rotatable bonds is 3. The van der Waals surface area contributed by atoms with E-state index in [-0.39, 0.29) is 24.7 Å². The monoisotopic (exact) mass is 365 g/mol. The van der Waals surface area contributed by atoms with Gasteiger partial charge in [-0.25, -0.2) is 8.42 Å². The van der Waals surface area contributed by atoms with Gasteiger partial charge in [-0.05, 0) is 31.2 Å². The third-order valence-electron chi connectivity index (χ3n) is 5.52. The van der Waals surface area contributed by atoms with Crippen molar-refractivity contribution < 1.29 is 23.1 Å². The number of carboxylic acid groups (broad SMARTS) is 1. The number of likely N-dealkylation sites (tertiary alicyclic amines) is 1. The van der Waals surface area contributed by atoms with E-state index in [0.717, 1.165) is 12.0 Å². The molecule has 2 heterocycles. The van der Waals surface area contributed by atoms with Crippen molar-refractivity contribution in [2.75, 3.05) is 18.8 Å². The Bertz CT molecular complexity index is 751. The zero-order valence-electron chi connectivity index (χ0n) is 14.1. The number of nitrogens with zero attached hydrogens (tertiary/aromatic N) is 1. The number of carbonyl (C=O) groups excluding carboxylic acids is 1. The van der Waals surface area contributed by atoms with Gasteiger partial charge in [-0.15, -0.1) is 0 Å². The van der Waals surface area contributed by atoms with Crippen LogP contribution < -0.4 is 0 Å². The summed E-state index contributed by atoms with van der Waals surface area (Å²) in [5, 5.41) is 8.85. The van der Waals surface area contributed by atoms with Crippen molar-refractivity contribution in [1.82, 2.24) is 4.90 Å². The lowest BCUT2D eigenvalue weighted by Gasteiger charge is -2.40. The molecule has 1 N–H and O–H groups in total. The summed E-state index contributed by atoms with van der Waals surface area (Å²) in [5.74, 6) is -1.18. The summed E-state index contributed by atoms with van der Waals surface area (Å²) in [6.45, 7) is 0.540. The molecule has 0 radical (unpaired) electrons. The number of piperidine rings is 1. The molecular weight excluding hydrogens is 342 g/mol. The Morgan fingerprint density at radius 2 is 1.72 bits per heavy atom. The normalized spacial score (nSPS) is 25.3. The van der Waals surface area contributed by atoms with Gasteiger partial charge in [-0.2, -0.15) is 0 Å². The van der Waals surface area contributed by atoms with Crippen LogP contribution in [0, 0.1) is 0 Å². The van der Waals surface area contributed by atoms with Gasteiger partial charge in [0.15, 0.2) is 9.84 Å². The van der Waals surface area contributed by atoms with Crippen molar-refractivity contribution in [3.05, 3.63) is 35.9 Å². The van der Waals surface area contributed by atoms with Gasteiger partial charge < -0.3 is 10.0 Å². The minimum atomic E-state index is -3.38. The van der Waals surface area contributed by atoms with Crippen LogP contribution in [0.15, 0.2) is 30.3 Å². The molecule has 1 aromatic rings. The number of hydrogen-bond donors (Lipinski definition) is 1. The molecule has 2 saturated heterocycles. The molecule has 3 rings (SSSR count).